The van der Waals surface area contributed by atoms with Gasteiger partial charge in [0.05, 0.1) is 16.7 Å². The molecule has 4 rings (SSSR count). The van der Waals surface area contributed by atoms with E-state index in [2.05, 4.69) is 0 Å². The summed E-state index contributed by atoms with van der Waals surface area (Å²) in [6.07, 6.45) is 4.72. The highest BCUT2D eigenvalue weighted by Gasteiger charge is 2.41. The Labute approximate surface area is 188 Å². The van der Waals surface area contributed by atoms with E-state index in [1.807, 2.05) is 53.4 Å². The molecule has 4 nitrogen and oxygen atoms in total. The van der Waals surface area contributed by atoms with E-state index in [0.29, 0.717) is 35.3 Å². The summed E-state index contributed by atoms with van der Waals surface area (Å²) < 4.78 is 11.7. The van der Waals surface area contributed by atoms with Crippen LogP contribution in [0.3, 0.4) is 0 Å². The summed E-state index contributed by atoms with van der Waals surface area (Å²) in [4.78, 5) is 15.0. The number of carbonyl (C=O) groups excluding carboxylic acids is 1. The summed E-state index contributed by atoms with van der Waals surface area (Å²) in [5.74, 6) is 0.0640. The number of nitrogens with zero attached hydrogens (tertiary/aromatic N) is 1. The molecule has 0 aliphatic carbocycles. The highest BCUT2D eigenvalue weighted by atomic mass is 35.5. The molecule has 6 heteroatoms. The van der Waals surface area contributed by atoms with Crippen molar-refractivity contribution < 1.29 is 14.3 Å². The SMILES string of the molecule is O=C(c1ccccc1)N1CCC(CCOC2CCCCO2)(c2ccc(Cl)c(Cl)c2)C1. The number of rotatable bonds is 6. The zero-order valence-corrected chi connectivity index (χ0v) is 18.5. The van der Waals surface area contributed by atoms with Gasteiger partial charge < -0.3 is 14.4 Å². The van der Waals surface area contributed by atoms with Crippen LogP contribution in [0.4, 0.5) is 0 Å². The third-order valence-corrected chi connectivity index (χ3v) is 6.96. The maximum Gasteiger partial charge on any atom is 0.253 e. The standard InChI is InChI=1S/C24H27Cl2NO3/c25-20-10-9-19(16-21(20)26)24(12-15-30-22-8-4-5-14-29-22)11-13-27(17-24)23(28)18-6-2-1-3-7-18/h1-3,6-7,9-10,16,22H,4-5,8,11-15,17H2. The number of ether oxygens (including phenoxy) is 2. The number of likely N-dealkylation sites (tertiary alicyclic amines) is 1. The van der Waals surface area contributed by atoms with Crippen LogP contribution in [0.1, 0.15) is 48.0 Å². The molecule has 1 amide bonds. The van der Waals surface area contributed by atoms with Gasteiger partial charge >= 0.3 is 0 Å². The van der Waals surface area contributed by atoms with Gasteiger partial charge in [-0.05, 0) is 61.9 Å². The highest BCUT2D eigenvalue weighted by molar-refractivity contribution is 6.42. The van der Waals surface area contributed by atoms with Crippen LogP contribution in [0.15, 0.2) is 48.5 Å². The van der Waals surface area contributed by atoms with Crippen LogP contribution in [0, 0.1) is 0 Å². The predicted molar refractivity (Wildman–Crippen MR) is 119 cm³/mol. The van der Waals surface area contributed by atoms with Gasteiger partial charge in [-0.1, -0.05) is 47.5 Å². The third kappa shape index (κ3) is 4.83. The molecule has 2 heterocycles. The smallest absolute Gasteiger partial charge is 0.253 e. The first-order chi connectivity index (χ1) is 14.6. The van der Waals surface area contributed by atoms with Gasteiger partial charge in [0.15, 0.2) is 6.29 Å². The van der Waals surface area contributed by atoms with Crippen LogP contribution in [0.2, 0.25) is 10.0 Å². The Bertz CT molecular complexity index is 870. The number of benzene rings is 2. The van der Waals surface area contributed by atoms with Gasteiger partial charge in [0, 0.05) is 30.7 Å². The van der Waals surface area contributed by atoms with Gasteiger partial charge in [0.25, 0.3) is 5.91 Å². The second-order valence-corrected chi connectivity index (χ2v) is 8.98. The van der Waals surface area contributed by atoms with Gasteiger partial charge in [-0.25, -0.2) is 0 Å². The van der Waals surface area contributed by atoms with Crippen molar-refractivity contribution in [1.29, 1.82) is 0 Å². The van der Waals surface area contributed by atoms with Gasteiger partial charge in [-0.15, -0.1) is 0 Å². The molecule has 2 saturated heterocycles. The number of carbonyl (C=O) groups is 1. The zero-order chi connectivity index (χ0) is 21.0. The van der Waals surface area contributed by atoms with Crippen molar-refractivity contribution in [3.8, 4) is 0 Å². The minimum atomic E-state index is -0.215. The fourth-order valence-corrected chi connectivity index (χ4v) is 4.75. The Morgan fingerprint density at radius 3 is 2.70 bits per heavy atom. The molecule has 2 aliphatic heterocycles. The fourth-order valence-electron chi connectivity index (χ4n) is 4.45. The largest absolute Gasteiger partial charge is 0.353 e. The van der Waals surface area contributed by atoms with E-state index in [0.717, 1.165) is 44.3 Å². The maximum atomic E-state index is 13.0. The summed E-state index contributed by atoms with van der Waals surface area (Å²) in [5, 5.41) is 1.08. The molecule has 2 aromatic rings. The van der Waals surface area contributed by atoms with Crippen molar-refractivity contribution in [3.63, 3.8) is 0 Å². The molecular weight excluding hydrogens is 421 g/mol. The molecule has 30 heavy (non-hydrogen) atoms. The first kappa shape index (κ1) is 21.6. The van der Waals surface area contributed by atoms with Crippen molar-refractivity contribution in [2.45, 2.75) is 43.8 Å². The predicted octanol–water partition coefficient (Wildman–Crippen LogP) is 5.71. The van der Waals surface area contributed by atoms with Crippen molar-refractivity contribution in [2.75, 3.05) is 26.3 Å². The maximum absolute atomic E-state index is 13.0. The van der Waals surface area contributed by atoms with Crippen LogP contribution < -0.4 is 0 Å². The molecule has 0 spiro atoms. The molecular formula is C24H27Cl2NO3. The molecule has 0 N–H and O–H groups in total. The van der Waals surface area contributed by atoms with Crippen LogP contribution in [-0.2, 0) is 14.9 Å². The number of halogens is 2. The molecule has 2 fully saturated rings. The quantitative estimate of drug-likeness (QED) is 0.568. The minimum absolute atomic E-state index is 0.0640. The summed E-state index contributed by atoms with van der Waals surface area (Å²) in [6.45, 7) is 2.68. The zero-order valence-electron chi connectivity index (χ0n) is 17.0. The van der Waals surface area contributed by atoms with Crippen LogP contribution in [0.25, 0.3) is 0 Å². The third-order valence-electron chi connectivity index (χ3n) is 6.22. The van der Waals surface area contributed by atoms with Crippen LogP contribution in [-0.4, -0.2) is 43.4 Å². The summed E-state index contributed by atoms with van der Waals surface area (Å²) in [6, 6.07) is 15.3. The lowest BCUT2D eigenvalue weighted by Crippen LogP contribution is -2.36. The van der Waals surface area contributed by atoms with Gasteiger partial charge in [0.1, 0.15) is 0 Å². The second-order valence-electron chi connectivity index (χ2n) is 8.17. The Balaban J connectivity index is 1.51. The lowest BCUT2D eigenvalue weighted by Gasteiger charge is -2.31. The van der Waals surface area contributed by atoms with Crippen molar-refractivity contribution >= 4 is 29.1 Å². The molecule has 2 aliphatic rings. The number of amides is 1. The summed E-state index contributed by atoms with van der Waals surface area (Å²) >= 11 is 12.5. The first-order valence-corrected chi connectivity index (χ1v) is 11.4. The van der Waals surface area contributed by atoms with Crippen molar-refractivity contribution in [3.05, 3.63) is 69.7 Å². The lowest BCUT2D eigenvalue weighted by molar-refractivity contribution is -0.164. The van der Waals surface area contributed by atoms with Gasteiger partial charge in [-0.3, -0.25) is 4.79 Å². The second kappa shape index (κ2) is 9.69. The fraction of sp³-hybridized carbons (Fsp3) is 0.458. The molecule has 2 unspecified atom stereocenters. The minimum Gasteiger partial charge on any atom is -0.353 e. The summed E-state index contributed by atoms with van der Waals surface area (Å²) in [5.41, 5.74) is 1.61. The highest BCUT2D eigenvalue weighted by Crippen LogP contribution is 2.40. The van der Waals surface area contributed by atoms with Crippen molar-refractivity contribution in [1.82, 2.24) is 4.90 Å². The van der Waals surface area contributed by atoms with E-state index in [1.165, 1.54) is 0 Å². The van der Waals surface area contributed by atoms with E-state index in [-0.39, 0.29) is 17.6 Å². The van der Waals surface area contributed by atoms with E-state index in [1.54, 1.807) is 0 Å². The Morgan fingerprint density at radius 1 is 1.13 bits per heavy atom. The average Bonchev–Trinajstić information content (AvgIpc) is 3.22. The van der Waals surface area contributed by atoms with E-state index in [4.69, 9.17) is 32.7 Å². The Morgan fingerprint density at radius 2 is 1.97 bits per heavy atom. The van der Waals surface area contributed by atoms with Crippen LogP contribution >= 0.6 is 23.2 Å². The topological polar surface area (TPSA) is 38.8 Å². The number of hydrogen-bond acceptors (Lipinski definition) is 3. The van der Waals surface area contributed by atoms with Crippen molar-refractivity contribution in [2.24, 2.45) is 0 Å². The van der Waals surface area contributed by atoms with E-state index in [9.17, 15) is 4.79 Å². The van der Waals surface area contributed by atoms with Crippen LogP contribution in [0.5, 0.6) is 0 Å². The van der Waals surface area contributed by atoms with Gasteiger partial charge in [-0.2, -0.15) is 0 Å². The normalized spacial score (nSPS) is 24.2. The molecule has 0 radical (unpaired) electrons. The molecule has 2 atom stereocenters. The molecule has 0 saturated carbocycles. The molecule has 0 aromatic heterocycles. The lowest BCUT2D eigenvalue weighted by atomic mass is 9.77. The number of hydrogen-bond donors (Lipinski definition) is 0. The Hall–Kier alpha value is -1.59. The molecule has 160 valence electrons. The first-order valence-electron chi connectivity index (χ1n) is 10.6. The van der Waals surface area contributed by atoms with E-state index >= 15 is 0 Å². The average molecular weight is 448 g/mol. The monoisotopic (exact) mass is 447 g/mol. The van der Waals surface area contributed by atoms with Gasteiger partial charge in [0.2, 0.25) is 0 Å². The van der Waals surface area contributed by atoms with E-state index < -0.39 is 0 Å². The molecule has 0 bridgehead atoms. The summed E-state index contributed by atoms with van der Waals surface area (Å²) in [7, 11) is 0. The molecule has 2 aromatic carbocycles. The Kier molecular flexibility index (Phi) is 6.99.